The summed E-state index contributed by atoms with van der Waals surface area (Å²) < 4.78 is 11.1. The summed E-state index contributed by atoms with van der Waals surface area (Å²) >= 11 is 6.77. The minimum absolute atomic E-state index is 0.280. The Labute approximate surface area is 130 Å². The highest BCUT2D eigenvalue weighted by atomic mass is 35.5. The minimum Gasteiger partial charge on any atom is -0.497 e. The van der Waals surface area contributed by atoms with Crippen LogP contribution in [0.25, 0.3) is 6.08 Å². The summed E-state index contributed by atoms with van der Waals surface area (Å²) in [7, 11) is 3.35. The molecule has 0 aliphatic heterocycles. The molecule has 0 bridgehead atoms. The second kappa shape index (κ2) is 5.55. The zero-order valence-corrected chi connectivity index (χ0v) is 12.8. The first-order chi connectivity index (χ1) is 10.2. The molecule has 0 radical (unpaired) electrons. The summed E-state index contributed by atoms with van der Waals surface area (Å²) in [6, 6.07) is 16.0. The van der Waals surface area contributed by atoms with Crippen molar-refractivity contribution in [2.45, 2.75) is 11.0 Å². The normalized spacial score (nSPS) is 23.7. The molecule has 0 amide bonds. The lowest BCUT2D eigenvalue weighted by Gasteiger charge is -2.37. The van der Waals surface area contributed by atoms with Crippen molar-refractivity contribution in [1.82, 2.24) is 0 Å². The molecule has 2 nitrogen and oxygen atoms in total. The molecule has 3 heteroatoms. The second-order valence-corrected chi connectivity index (χ2v) is 5.49. The monoisotopic (exact) mass is 300 g/mol. The molecular formula is C18H17ClO2. The van der Waals surface area contributed by atoms with Gasteiger partial charge in [0.15, 0.2) is 0 Å². The fraction of sp³-hybridized carbons (Fsp3) is 0.222. The molecule has 1 aliphatic carbocycles. The van der Waals surface area contributed by atoms with Gasteiger partial charge in [0.1, 0.15) is 11.4 Å². The summed E-state index contributed by atoms with van der Waals surface area (Å²) in [5.74, 6) is 0.816. The summed E-state index contributed by atoms with van der Waals surface area (Å²) in [5, 5.41) is -0.280. The Kier molecular flexibility index (Phi) is 3.75. The number of benzene rings is 2. The van der Waals surface area contributed by atoms with Crippen molar-refractivity contribution < 1.29 is 9.47 Å². The van der Waals surface area contributed by atoms with E-state index in [0.29, 0.717) is 0 Å². The molecule has 2 aromatic rings. The maximum Gasteiger partial charge on any atom is 0.132 e. The topological polar surface area (TPSA) is 18.5 Å². The molecular weight excluding hydrogens is 284 g/mol. The van der Waals surface area contributed by atoms with E-state index in [1.54, 1.807) is 14.2 Å². The van der Waals surface area contributed by atoms with Crippen molar-refractivity contribution in [3.8, 4) is 5.75 Å². The third-order valence-corrected chi connectivity index (χ3v) is 4.59. The van der Waals surface area contributed by atoms with Gasteiger partial charge in [-0.25, -0.2) is 0 Å². The van der Waals surface area contributed by atoms with Gasteiger partial charge < -0.3 is 9.47 Å². The third-order valence-electron chi connectivity index (χ3n) is 4.04. The van der Waals surface area contributed by atoms with Crippen LogP contribution in [-0.4, -0.2) is 14.2 Å². The summed E-state index contributed by atoms with van der Waals surface area (Å²) in [5.41, 5.74) is 2.57. The highest BCUT2D eigenvalue weighted by molar-refractivity contribution is 6.22. The molecule has 2 aromatic carbocycles. The standard InChI is InChI=1S/C18H17ClO2/c1-20-15-9-7-14(8-10-15)18(21-2)12-11-13-5-3-4-6-16(13)17(18)19/h3-12,17H,1-2H3. The summed E-state index contributed by atoms with van der Waals surface area (Å²) in [4.78, 5) is 0. The Bertz CT molecular complexity index is 663. The highest BCUT2D eigenvalue weighted by Crippen LogP contribution is 2.48. The van der Waals surface area contributed by atoms with E-state index in [2.05, 4.69) is 12.1 Å². The van der Waals surface area contributed by atoms with E-state index >= 15 is 0 Å². The molecule has 2 atom stereocenters. The van der Waals surface area contributed by atoms with Crippen molar-refractivity contribution in [2.24, 2.45) is 0 Å². The first kappa shape index (κ1) is 14.2. The molecule has 2 unspecified atom stereocenters. The zero-order valence-electron chi connectivity index (χ0n) is 12.0. The fourth-order valence-corrected chi connectivity index (χ4v) is 3.29. The minimum atomic E-state index is -0.665. The second-order valence-electron chi connectivity index (χ2n) is 5.05. The number of rotatable bonds is 3. The maximum atomic E-state index is 6.77. The van der Waals surface area contributed by atoms with E-state index in [4.69, 9.17) is 21.1 Å². The molecule has 108 valence electrons. The van der Waals surface area contributed by atoms with Crippen LogP contribution in [0.5, 0.6) is 5.75 Å². The lowest BCUT2D eigenvalue weighted by Crippen LogP contribution is -2.33. The number of fused-ring (bicyclic) bond motifs is 1. The lowest BCUT2D eigenvalue weighted by atomic mass is 9.80. The van der Waals surface area contributed by atoms with Gasteiger partial charge in [0.25, 0.3) is 0 Å². The van der Waals surface area contributed by atoms with Gasteiger partial charge in [0.05, 0.1) is 12.5 Å². The zero-order chi connectivity index (χ0) is 14.9. The first-order valence-corrected chi connectivity index (χ1v) is 7.27. The quantitative estimate of drug-likeness (QED) is 0.775. The van der Waals surface area contributed by atoms with Gasteiger partial charge in [0, 0.05) is 7.11 Å². The summed E-state index contributed by atoms with van der Waals surface area (Å²) in [6.07, 6.45) is 4.11. The van der Waals surface area contributed by atoms with Crippen LogP contribution in [0.2, 0.25) is 0 Å². The summed E-state index contributed by atoms with van der Waals surface area (Å²) in [6.45, 7) is 0. The molecule has 0 N–H and O–H groups in total. The highest BCUT2D eigenvalue weighted by Gasteiger charge is 2.41. The van der Waals surface area contributed by atoms with Crippen molar-refractivity contribution in [3.63, 3.8) is 0 Å². The molecule has 0 spiro atoms. The van der Waals surface area contributed by atoms with Crippen LogP contribution in [-0.2, 0) is 10.3 Å². The molecule has 0 saturated carbocycles. The van der Waals surface area contributed by atoms with Crippen LogP contribution in [0, 0.1) is 0 Å². The van der Waals surface area contributed by atoms with E-state index in [0.717, 1.165) is 22.4 Å². The van der Waals surface area contributed by atoms with Gasteiger partial charge in [-0.15, -0.1) is 11.6 Å². The van der Waals surface area contributed by atoms with E-state index < -0.39 is 5.60 Å². The Morgan fingerprint density at radius 2 is 1.71 bits per heavy atom. The van der Waals surface area contributed by atoms with Crippen LogP contribution in [0.4, 0.5) is 0 Å². The van der Waals surface area contributed by atoms with Crippen LogP contribution >= 0.6 is 11.6 Å². The number of halogens is 1. The van der Waals surface area contributed by atoms with Crippen molar-refractivity contribution in [3.05, 3.63) is 71.3 Å². The fourth-order valence-electron chi connectivity index (χ4n) is 2.81. The predicted octanol–water partition coefficient (Wildman–Crippen LogP) is 4.54. The van der Waals surface area contributed by atoms with Crippen LogP contribution in [0.3, 0.4) is 0 Å². The van der Waals surface area contributed by atoms with E-state index in [-0.39, 0.29) is 5.38 Å². The van der Waals surface area contributed by atoms with Crippen LogP contribution in [0.1, 0.15) is 22.1 Å². The predicted molar refractivity (Wildman–Crippen MR) is 85.8 cm³/mol. The van der Waals surface area contributed by atoms with E-state index in [1.807, 2.05) is 48.5 Å². The SMILES string of the molecule is COc1ccc(C2(OC)C=Cc3ccccc3C2Cl)cc1. The van der Waals surface area contributed by atoms with Gasteiger partial charge >= 0.3 is 0 Å². The van der Waals surface area contributed by atoms with Gasteiger partial charge in [0.2, 0.25) is 0 Å². The number of hydrogen-bond acceptors (Lipinski definition) is 2. The van der Waals surface area contributed by atoms with Gasteiger partial charge in [-0.3, -0.25) is 0 Å². The van der Waals surface area contributed by atoms with E-state index in [1.165, 1.54) is 0 Å². The average molecular weight is 301 g/mol. The maximum absolute atomic E-state index is 6.77. The van der Waals surface area contributed by atoms with Crippen LogP contribution in [0.15, 0.2) is 54.6 Å². The van der Waals surface area contributed by atoms with Gasteiger partial charge in [-0.2, -0.15) is 0 Å². The molecule has 0 heterocycles. The largest absolute Gasteiger partial charge is 0.497 e. The average Bonchev–Trinajstić information content (AvgIpc) is 2.56. The first-order valence-electron chi connectivity index (χ1n) is 6.83. The van der Waals surface area contributed by atoms with Gasteiger partial charge in [-0.1, -0.05) is 42.5 Å². The van der Waals surface area contributed by atoms with Crippen molar-refractivity contribution >= 4 is 17.7 Å². The van der Waals surface area contributed by atoms with E-state index in [9.17, 15) is 0 Å². The molecule has 0 aromatic heterocycles. The Morgan fingerprint density at radius 1 is 1.00 bits per heavy atom. The van der Waals surface area contributed by atoms with Gasteiger partial charge in [-0.05, 0) is 34.9 Å². The number of methoxy groups -OCH3 is 2. The third kappa shape index (κ3) is 2.25. The molecule has 3 rings (SSSR count). The number of ether oxygens (including phenoxy) is 2. The smallest absolute Gasteiger partial charge is 0.132 e. The van der Waals surface area contributed by atoms with Crippen molar-refractivity contribution in [1.29, 1.82) is 0 Å². The Morgan fingerprint density at radius 3 is 2.38 bits per heavy atom. The Balaban J connectivity index is 2.09. The molecule has 1 aliphatic rings. The number of hydrogen-bond donors (Lipinski definition) is 0. The molecule has 0 fully saturated rings. The van der Waals surface area contributed by atoms with Crippen molar-refractivity contribution in [2.75, 3.05) is 14.2 Å². The molecule has 21 heavy (non-hydrogen) atoms. The Hall–Kier alpha value is -1.77. The lowest BCUT2D eigenvalue weighted by molar-refractivity contribution is 0.0243. The number of alkyl halides is 1. The molecule has 0 saturated heterocycles. The van der Waals surface area contributed by atoms with Crippen LogP contribution < -0.4 is 4.74 Å².